The maximum absolute atomic E-state index is 4.59. The topological polar surface area (TPSA) is 52.7 Å². The summed E-state index contributed by atoms with van der Waals surface area (Å²) in [5.74, 6) is 1.04. The highest BCUT2D eigenvalue weighted by Crippen LogP contribution is 2.11. The summed E-state index contributed by atoms with van der Waals surface area (Å²) < 4.78 is 0. The molecule has 1 aliphatic heterocycles. The molecule has 0 spiro atoms. The van der Waals surface area contributed by atoms with Crippen molar-refractivity contribution in [2.24, 2.45) is 0 Å². The first-order valence-electron chi connectivity index (χ1n) is 6.79. The van der Waals surface area contributed by atoms with Crippen molar-refractivity contribution in [1.82, 2.24) is 20.6 Å². The van der Waals surface area contributed by atoms with Crippen LogP contribution in [0.15, 0.2) is 24.3 Å². The third-order valence-electron chi connectivity index (χ3n) is 3.57. The monoisotopic (exact) mass is 244 g/mol. The maximum atomic E-state index is 4.59. The van der Waals surface area contributed by atoms with Crippen LogP contribution >= 0.6 is 0 Å². The van der Waals surface area contributed by atoms with E-state index in [1.807, 2.05) is 18.2 Å². The normalized spacial score (nSPS) is 21.0. The van der Waals surface area contributed by atoms with E-state index in [2.05, 4.69) is 26.7 Å². The van der Waals surface area contributed by atoms with Gasteiger partial charge in [-0.1, -0.05) is 12.1 Å². The number of nitrogens with zero attached hydrogens (tertiary/aromatic N) is 1. The Morgan fingerprint density at radius 3 is 3.11 bits per heavy atom. The molecule has 96 valence electrons. The summed E-state index contributed by atoms with van der Waals surface area (Å²) in [6.45, 7) is 3.11. The lowest BCUT2D eigenvalue weighted by atomic mass is 10.1. The van der Waals surface area contributed by atoms with Gasteiger partial charge in [-0.25, -0.2) is 4.98 Å². The predicted molar refractivity (Wildman–Crippen MR) is 73.4 cm³/mol. The van der Waals surface area contributed by atoms with Crippen molar-refractivity contribution in [3.8, 4) is 0 Å². The summed E-state index contributed by atoms with van der Waals surface area (Å²) in [5.41, 5.74) is 2.17. The number of imidazole rings is 1. The zero-order valence-electron chi connectivity index (χ0n) is 10.6. The standard InChI is InChI=1S/C14H20N4/c1-2-6-13-12(5-1)17-14(18-13)10-16-11-4-3-8-15-9-7-11/h1-2,5-6,11,15-16H,3-4,7-10H2,(H,17,18). The first kappa shape index (κ1) is 11.7. The number of fused-ring (bicyclic) bond motifs is 1. The molecular formula is C14H20N4. The molecule has 2 heterocycles. The van der Waals surface area contributed by atoms with Gasteiger partial charge in [-0.05, 0) is 44.5 Å². The Labute approximate surface area is 107 Å². The number of hydrogen-bond donors (Lipinski definition) is 3. The molecule has 3 rings (SSSR count). The fraction of sp³-hybridized carbons (Fsp3) is 0.500. The van der Waals surface area contributed by atoms with E-state index in [1.54, 1.807) is 0 Å². The summed E-state index contributed by atoms with van der Waals surface area (Å²) in [6.07, 6.45) is 3.73. The number of aromatic nitrogens is 2. The summed E-state index contributed by atoms with van der Waals surface area (Å²) >= 11 is 0. The molecule has 4 heteroatoms. The smallest absolute Gasteiger partial charge is 0.121 e. The van der Waals surface area contributed by atoms with Crippen molar-refractivity contribution in [2.75, 3.05) is 13.1 Å². The molecule has 3 N–H and O–H groups in total. The van der Waals surface area contributed by atoms with Crippen molar-refractivity contribution in [2.45, 2.75) is 31.8 Å². The van der Waals surface area contributed by atoms with Crippen molar-refractivity contribution in [1.29, 1.82) is 0 Å². The molecule has 1 atom stereocenters. The Kier molecular flexibility index (Phi) is 3.57. The number of hydrogen-bond acceptors (Lipinski definition) is 3. The number of H-pyrrole nitrogens is 1. The summed E-state index contributed by atoms with van der Waals surface area (Å²) in [6, 6.07) is 8.80. The quantitative estimate of drug-likeness (QED) is 0.771. The van der Waals surface area contributed by atoms with Crippen molar-refractivity contribution < 1.29 is 0 Å². The molecule has 1 unspecified atom stereocenters. The molecule has 0 amide bonds. The van der Waals surface area contributed by atoms with Gasteiger partial charge >= 0.3 is 0 Å². The van der Waals surface area contributed by atoms with Crippen molar-refractivity contribution in [3.05, 3.63) is 30.1 Å². The SMILES string of the molecule is c1ccc2[nH]c(CNC3CCCNCC3)nc2c1. The van der Waals surface area contributed by atoms with Gasteiger partial charge in [0.1, 0.15) is 5.82 Å². The van der Waals surface area contributed by atoms with Crippen molar-refractivity contribution >= 4 is 11.0 Å². The van der Waals surface area contributed by atoms with Gasteiger partial charge in [0.2, 0.25) is 0 Å². The van der Waals surface area contributed by atoms with Crippen LogP contribution < -0.4 is 10.6 Å². The molecule has 2 aromatic rings. The Balaban J connectivity index is 1.61. The molecule has 1 aromatic carbocycles. The molecule has 0 aliphatic carbocycles. The fourth-order valence-corrected chi connectivity index (χ4v) is 2.55. The lowest BCUT2D eigenvalue weighted by Gasteiger charge is -2.14. The molecule has 0 bridgehead atoms. The van der Waals surface area contributed by atoms with Crippen LogP contribution in [-0.2, 0) is 6.54 Å². The third-order valence-corrected chi connectivity index (χ3v) is 3.57. The van der Waals surface area contributed by atoms with Gasteiger partial charge in [0, 0.05) is 6.04 Å². The first-order valence-corrected chi connectivity index (χ1v) is 6.79. The molecule has 0 radical (unpaired) electrons. The molecule has 1 saturated heterocycles. The average molecular weight is 244 g/mol. The zero-order valence-corrected chi connectivity index (χ0v) is 10.6. The van der Waals surface area contributed by atoms with Crippen LogP contribution in [0.2, 0.25) is 0 Å². The fourth-order valence-electron chi connectivity index (χ4n) is 2.55. The second-order valence-electron chi connectivity index (χ2n) is 4.96. The molecule has 1 aliphatic rings. The second-order valence-corrected chi connectivity index (χ2v) is 4.96. The van der Waals surface area contributed by atoms with Gasteiger partial charge in [0.25, 0.3) is 0 Å². The van der Waals surface area contributed by atoms with Crippen LogP contribution in [0.5, 0.6) is 0 Å². The van der Waals surface area contributed by atoms with Gasteiger partial charge in [0.05, 0.1) is 17.6 Å². The molecular weight excluding hydrogens is 224 g/mol. The molecule has 18 heavy (non-hydrogen) atoms. The van der Waals surface area contributed by atoms with Crippen LogP contribution in [0.25, 0.3) is 11.0 Å². The highest BCUT2D eigenvalue weighted by Gasteiger charge is 2.11. The van der Waals surface area contributed by atoms with Gasteiger partial charge in [-0.15, -0.1) is 0 Å². The Morgan fingerprint density at radius 2 is 2.17 bits per heavy atom. The predicted octanol–water partition coefficient (Wildman–Crippen LogP) is 1.79. The van der Waals surface area contributed by atoms with Crippen LogP contribution in [0, 0.1) is 0 Å². The van der Waals surface area contributed by atoms with E-state index >= 15 is 0 Å². The minimum atomic E-state index is 0.619. The van der Waals surface area contributed by atoms with E-state index in [4.69, 9.17) is 0 Å². The summed E-state index contributed by atoms with van der Waals surface area (Å²) in [4.78, 5) is 7.95. The van der Waals surface area contributed by atoms with Gasteiger partial charge in [0.15, 0.2) is 0 Å². The third kappa shape index (κ3) is 2.71. The minimum Gasteiger partial charge on any atom is -0.341 e. The van der Waals surface area contributed by atoms with Crippen LogP contribution in [0.3, 0.4) is 0 Å². The highest BCUT2D eigenvalue weighted by molar-refractivity contribution is 5.74. The Bertz CT molecular complexity index is 464. The summed E-state index contributed by atoms with van der Waals surface area (Å²) in [5, 5.41) is 7.04. The van der Waals surface area contributed by atoms with Gasteiger partial charge < -0.3 is 15.6 Å². The van der Waals surface area contributed by atoms with Crippen LogP contribution in [0.1, 0.15) is 25.1 Å². The molecule has 4 nitrogen and oxygen atoms in total. The van der Waals surface area contributed by atoms with E-state index in [-0.39, 0.29) is 0 Å². The van der Waals surface area contributed by atoms with Crippen LogP contribution in [0.4, 0.5) is 0 Å². The Hall–Kier alpha value is -1.39. The molecule has 0 saturated carbocycles. The molecule has 1 fully saturated rings. The van der Waals surface area contributed by atoms with Gasteiger partial charge in [-0.2, -0.15) is 0 Å². The maximum Gasteiger partial charge on any atom is 0.121 e. The lowest BCUT2D eigenvalue weighted by molar-refractivity contribution is 0.463. The lowest BCUT2D eigenvalue weighted by Crippen LogP contribution is -2.29. The minimum absolute atomic E-state index is 0.619. The number of rotatable bonds is 3. The van der Waals surface area contributed by atoms with E-state index < -0.39 is 0 Å². The van der Waals surface area contributed by atoms with Gasteiger partial charge in [-0.3, -0.25) is 0 Å². The highest BCUT2D eigenvalue weighted by atomic mass is 15.0. The number of nitrogens with one attached hydrogen (secondary N) is 3. The van der Waals surface area contributed by atoms with E-state index in [0.29, 0.717) is 6.04 Å². The van der Waals surface area contributed by atoms with E-state index in [1.165, 1.54) is 19.3 Å². The Morgan fingerprint density at radius 1 is 1.22 bits per heavy atom. The van der Waals surface area contributed by atoms with E-state index in [9.17, 15) is 0 Å². The van der Waals surface area contributed by atoms with E-state index in [0.717, 1.165) is 36.5 Å². The summed E-state index contributed by atoms with van der Waals surface area (Å²) in [7, 11) is 0. The number of para-hydroxylation sites is 2. The van der Waals surface area contributed by atoms with Crippen LogP contribution in [-0.4, -0.2) is 29.1 Å². The number of benzene rings is 1. The zero-order chi connectivity index (χ0) is 12.2. The van der Waals surface area contributed by atoms with Crippen molar-refractivity contribution in [3.63, 3.8) is 0 Å². The number of aromatic amines is 1. The second kappa shape index (κ2) is 5.50. The molecule has 1 aromatic heterocycles. The first-order chi connectivity index (χ1) is 8.92. The largest absolute Gasteiger partial charge is 0.341 e. The average Bonchev–Trinajstić information content (AvgIpc) is 2.63.